The second-order valence-electron chi connectivity index (χ2n) is 5.43. The highest BCUT2D eigenvalue weighted by Crippen LogP contribution is 2.25. The average Bonchev–Trinajstić information content (AvgIpc) is 3.16. The molecule has 1 aliphatic carbocycles. The lowest BCUT2D eigenvalue weighted by Gasteiger charge is -2.12. The first-order valence-corrected chi connectivity index (χ1v) is 7.11. The summed E-state index contributed by atoms with van der Waals surface area (Å²) in [5.74, 6) is 1.75. The smallest absolute Gasteiger partial charge is 0.152 e. The molecule has 20 heavy (non-hydrogen) atoms. The van der Waals surface area contributed by atoms with Gasteiger partial charge >= 0.3 is 0 Å². The minimum absolute atomic E-state index is 0.407. The van der Waals surface area contributed by atoms with Crippen LogP contribution in [0.5, 0.6) is 0 Å². The molecule has 1 saturated carbocycles. The maximum atomic E-state index is 5.66. The number of aromatic amines is 1. The fraction of sp³-hybridized carbons (Fsp3) is 0.533. The minimum Gasteiger partial charge on any atom is -0.460 e. The van der Waals surface area contributed by atoms with Crippen molar-refractivity contribution in [3.63, 3.8) is 0 Å². The maximum absolute atomic E-state index is 5.66. The van der Waals surface area contributed by atoms with Crippen LogP contribution in [0.4, 0.5) is 0 Å². The second-order valence-corrected chi connectivity index (χ2v) is 5.43. The molecule has 2 aromatic heterocycles. The van der Waals surface area contributed by atoms with Crippen molar-refractivity contribution in [2.24, 2.45) is 0 Å². The molecule has 5 nitrogen and oxygen atoms in total. The summed E-state index contributed by atoms with van der Waals surface area (Å²) in [5.41, 5.74) is 2.10. The molecule has 0 aliphatic heterocycles. The summed E-state index contributed by atoms with van der Waals surface area (Å²) in [6, 6.07) is 4.47. The number of H-pyrrole nitrogens is 1. The van der Waals surface area contributed by atoms with E-state index in [0.717, 1.165) is 42.2 Å². The Morgan fingerprint density at radius 1 is 1.45 bits per heavy atom. The van der Waals surface area contributed by atoms with E-state index >= 15 is 0 Å². The van der Waals surface area contributed by atoms with Crippen molar-refractivity contribution in [1.82, 2.24) is 15.5 Å². The van der Waals surface area contributed by atoms with Crippen LogP contribution < -0.4 is 5.32 Å². The molecule has 0 amide bonds. The van der Waals surface area contributed by atoms with Crippen LogP contribution in [0.3, 0.4) is 0 Å². The Hall–Kier alpha value is -1.59. The summed E-state index contributed by atoms with van der Waals surface area (Å²) in [6.45, 7) is 2.74. The third kappa shape index (κ3) is 2.78. The van der Waals surface area contributed by atoms with Crippen molar-refractivity contribution in [3.05, 3.63) is 29.7 Å². The van der Waals surface area contributed by atoms with Gasteiger partial charge in [0, 0.05) is 25.3 Å². The van der Waals surface area contributed by atoms with Gasteiger partial charge in [-0.25, -0.2) is 0 Å². The predicted molar refractivity (Wildman–Crippen MR) is 76.3 cm³/mol. The largest absolute Gasteiger partial charge is 0.460 e. The summed E-state index contributed by atoms with van der Waals surface area (Å²) >= 11 is 0. The molecule has 2 unspecified atom stereocenters. The van der Waals surface area contributed by atoms with E-state index in [0.29, 0.717) is 12.1 Å². The number of nitrogens with one attached hydrogen (secondary N) is 2. The summed E-state index contributed by atoms with van der Waals surface area (Å²) in [6.07, 6.45) is 5.67. The molecule has 3 rings (SSSR count). The zero-order chi connectivity index (χ0) is 13.9. The summed E-state index contributed by atoms with van der Waals surface area (Å²) in [5, 5.41) is 10.7. The van der Waals surface area contributed by atoms with E-state index in [1.807, 2.05) is 25.3 Å². The number of methoxy groups -OCH3 is 1. The van der Waals surface area contributed by atoms with Gasteiger partial charge in [-0.1, -0.05) is 0 Å². The van der Waals surface area contributed by atoms with Crippen LogP contribution in [0.2, 0.25) is 0 Å². The normalized spacial score (nSPS) is 22.5. The zero-order valence-corrected chi connectivity index (χ0v) is 12.0. The van der Waals surface area contributed by atoms with Gasteiger partial charge in [-0.3, -0.25) is 5.10 Å². The fourth-order valence-corrected chi connectivity index (χ4v) is 2.82. The molecule has 0 saturated heterocycles. The third-order valence-corrected chi connectivity index (χ3v) is 4.00. The van der Waals surface area contributed by atoms with E-state index in [4.69, 9.17) is 9.15 Å². The van der Waals surface area contributed by atoms with Gasteiger partial charge in [-0.2, -0.15) is 5.10 Å². The predicted octanol–water partition coefficient (Wildman–Crippen LogP) is 2.64. The molecule has 5 heteroatoms. The van der Waals surface area contributed by atoms with Crippen LogP contribution >= 0.6 is 0 Å². The maximum Gasteiger partial charge on any atom is 0.152 e. The van der Waals surface area contributed by atoms with E-state index in [9.17, 15) is 0 Å². The Bertz CT molecular complexity index is 561. The molecule has 108 valence electrons. The Morgan fingerprint density at radius 3 is 3.05 bits per heavy atom. The second kappa shape index (κ2) is 5.81. The molecule has 0 bridgehead atoms. The Balaban J connectivity index is 1.63. The Labute approximate surface area is 118 Å². The number of hydrogen-bond acceptors (Lipinski definition) is 4. The molecule has 0 aromatic carbocycles. The van der Waals surface area contributed by atoms with E-state index in [2.05, 4.69) is 15.5 Å². The lowest BCUT2D eigenvalue weighted by molar-refractivity contribution is 0.107. The van der Waals surface area contributed by atoms with Crippen LogP contribution in [-0.2, 0) is 11.3 Å². The number of nitrogens with zero attached hydrogens (tertiary/aromatic N) is 1. The van der Waals surface area contributed by atoms with Crippen LogP contribution in [0.15, 0.2) is 22.7 Å². The summed E-state index contributed by atoms with van der Waals surface area (Å²) in [7, 11) is 1.79. The molecule has 2 aromatic rings. The lowest BCUT2D eigenvalue weighted by atomic mass is 10.2. The van der Waals surface area contributed by atoms with Crippen molar-refractivity contribution < 1.29 is 9.15 Å². The lowest BCUT2D eigenvalue weighted by Crippen LogP contribution is -2.26. The standard InChI is InChI=1S/C15H21N3O2/c1-10-3-6-14(20-10)15-11(9-17-18-15)8-16-12-4-5-13(7-12)19-2/h3,6,9,12-13,16H,4-5,7-8H2,1-2H3,(H,17,18). The molecule has 2 N–H and O–H groups in total. The highest BCUT2D eigenvalue weighted by Gasteiger charge is 2.24. The highest BCUT2D eigenvalue weighted by atomic mass is 16.5. The van der Waals surface area contributed by atoms with E-state index in [1.54, 1.807) is 7.11 Å². The summed E-state index contributed by atoms with van der Waals surface area (Å²) < 4.78 is 11.1. The SMILES string of the molecule is COC1CCC(NCc2cn[nH]c2-c2ccc(C)o2)C1. The van der Waals surface area contributed by atoms with Crippen LogP contribution in [0.25, 0.3) is 11.5 Å². The van der Waals surface area contributed by atoms with Crippen LogP contribution in [-0.4, -0.2) is 29.5 Å². The number of hydrogen-bond donors (Lipinski definition) is 2. The van der Waals surface area contributed by atoms with Crippen LogP contribution in [0.1, 0.15) is 30.6 Å². The fourth-order valence-electron chi connectivity index (χ4n) is 2.82. The van der Waals surface area contributed by atoms with Gasteiger partial charge in [0.1, 0.15) is 11.5 Å². The molecular weight excluding hydrogens is 254 g/mol. The van der Waals surface area contributed by atoms with Crippen LogP contribution in [0, 0.1) is 6.92 Å². The van der Waals surface area contributed by atoms with Gasteiger partial charge < -0.3 is 14.5 Å². The highest BCUT2D eigenvalue weighted by molar-refractivity contribution is 5.56. The molecule has 1 fully saturated rings. The van der Waals surface area contributed by atoms with Gasteiger partial charge in [-0.15, -0.1) is 0 Å². The number of aromatic nitrogens is 2. The monoisotopic (exact) mass is 275 g/mol. The van der Waals surface area contributed by atoms with Gasteiger partial charge in [0.15, 0.2) is 5.76 Å². The molecular formula is C15H21N3O2. The van der Waals surface area contributed by atoms with E-state index in [-0.39, 0.29) is 0 Å². The van der Waals surface area contributed by atoms with Gasteiger partial charge in [0.2, 0.25) is 0 Å². The molecule has 1 aliphatic rings. The Kier molecular flexibility index (Phi) is 3.89. The third-order valence-electron chi connectivity index (χ3n) is 4.00. The molecule has 0 radical (unpaired) electrons. The number of rotatable bonds is 5. The molecule has 2 atom stereocenters. The Morgan fingerprint density at radius 2 is 2.35 bits per heavy atom. The summed E-state index contributed by atoms with van der Waals surface area (Å²) in [4.78, 5) is 0. The topological polar surface area (TPSA) is 63.1 Å². The first kappa shape index (κ1) is 13.4. The first-order valence-electron chi connectivity index (χ1n) is 7.11. The quantitative estimate of drug-likeness (QED) is 0.880. The number of furan rings is 1. The van der Waals surface area contributed by atoms with Crippen molar-refractivity contribution in [3.8, 4) is 11.5 Å². The van der Waals surface area contributed by atoms with Gasteiger partial charge in [-0.05, 0) is 38.3 Å². The first-order chi connectivity index (χ1) is 9.76. The van der Waals surface area contributed by atoms with E-state index in [1.165, 1.54) is 6.42 Å². The van der Waals surface area contributed by atoms with E-state index < -0.39 is 0 Å². The molecule has 0 spiro atoms. The number of ether oxygens (including phenoxy) is 1. The van der Waals surface area contributed by atoms with Gasteiger partial charge in [0.25, 0.3) is 0 Å². The van der Waals surface area contributed by atoms with Crippen molar-refractivity contribution >= 4 is 0 Å². The van der Waals surface area contributed by atoms with Crippen molar-refractivity contribution in [2.45, 2.75) is 44.9 Å². The average molecular weight is 275 g/mol. The minimum atomic E-state index is 0.407. The van der Waals surface area contributed by atoms with Crippen molar-refractivity contribution in [1.29, 1.82) is 0 Å². The zero-order valence-electron chi connectivity index (χ0n) is 12.0. The number of aryl methyl sites for hydroxylation is 1. The molecule has 2 heterocycles. The van der Waals surface area contributed by atoms with Crippen molar-refractivity contribution in [2.75, 3.05) is 7.11 Å². The van der Waals surface area contributed by atoms with Gasteiger partial charge in [0.05, 0.1) is 12.3 Å².